The molecule has 0 aliphatic carbocycles. The molecule has 180 valence electrons. The van der Waals surface area contributed by atoms with Crippen LogP contribution in [0, 0.1) is 19.8 Å². The number of amides is 2. The average Bonchev–Trinajstić information content (AvgIpc) is 3.07. The molecular weight excluding hydrogens is 424 g/mol. The van der Waals surface area contributed by atoms with E-state index in [1.807, 2.05) is 11.8 Å². The number of carbonyl (C=O) groups excluding carboxylic acids is 1. The highest BCUT2D eigenvalue weighted by Crippen LogP contribution is 2.34. The van der Waals surface area contributed by atoms with Crippen molar-refractivity contribution in [3.05, 3.63) is 47.3 Å². The summed E-state index contributed by atoms with van der Waals surface area (Å²) in [6, 6.07) is 10.9. The Morgan fingerprint density at radius 2 is 2.03 bits per heavy atom. The standard InChI is InChI=1S/C28H36N4O2/c1-4-5-7-21-8-6-11-31(17-21)28(33)32-12-13-34-27-19(2)14-23(15-24(27)18-32)22-9-10-25-26(16-22)30-20(3)29-25/h9-10,14-16,21H,4-8,11-13,17-18H2,1-3H3,(H,29,30). The second kappa shape index (κ2) is 9.69. The molecule has 0 radical (unpaired) electrons. The average molecular weight is 461 g/mol. The predicted molar refractivity (Wildman–Crippen MR) is 136 cm³/mol. The number of piperidine rings is 1. The van der Waals surface area contributed by atoms with Gasteiger partial charge in [-0.1, -0.05) is 25.8 Å². The van der Waals surface area contributed by atoms with Crippen molar-refractivity contribution in [2.45, 2.75) is 59.4 Å². The van der Waals surface area contributed by atoms with Gasteiger partial charge in [0.1, 0.15) is 18.2 Å². The third-order valence-corrected chi connectivity index (χ3v) is 7.28. The van der Waals surface area contributed by atoms with Crippen LogP contribution in [-0.4, -0.2) is 52.0 Å². The summed E-state index contributed by atoms with van der Waals surface area (Å²) in [5, 5.41) is 0. The van der Waals surface area contributed by atoms with Gasteiger partial charge in [0.2, 0.25) is 0 Å². The number of hydrogen-bond donors (Lipinski definition) is 1. The van der Waals surface area contributed by atoms with Crippen molar-refractivity contribution in [1.82, 2.24) is 19.8 Å². The first-order valence-electron chi connectivity index (χ1n) is 12.8. The largest absolute Gasteiger partial charge is 0.491 e. The van der Waals surface area contributed by atoms with Gasteiger partial charge in [-0.15, -0.1) is 0 Å². The molecule has 5 rings (SSSR count). The number of carbonyl (C=O) groups is 1. The van der Waals surface area contributed by atoms with E-state index >= 15 is 0 Å². The van der Waals surface area contributed by atoms with Crippen LogP contribution < -0.4 is 4.74 Å². The highest BCUT2D eigenvalue weighted by molar-refractivity contribution is 5.82. The second-order valence-electron chi connectivity index (χ2n) is 9.98. The molecule has 3 aromatic rings. The fraction of sp³-hybridized carbons (Fsp3) is 0.500. The number of likely N-dealkylation sites (tertiary alicyclic amines) is 1. The molecule has 1 aromatic heterocycles. The molecule has 2 amide bonds. The number of unbranched alkanes of at least 4 members (excludes halogenated alkanes) is 1. The molecule has 0 bridgehead atoms. The quantitative estimate of drug-likeness (QED) is 0.514. The van der Waals surface area contributed by atoms with Crippen LogP contribution in [0.25, 0.3) is 22.2 Å². The molecule has 1 saturated heterocycles. The fourth-order valence-electron chi connectivity index (χ4n) is 5.53. The lowest BCUT2D eigenvalue weighted by Crippen LogP contribution is -2.47. The summed E-state index contributed by atoms with van der Waals surface area (Å²) in [6.45, 7) is 9.82. The lowest BCUT2D eigenvalue weighted by atomic mass is 9.93. The van der Waals surface area contributed by atoms with Crippen molar-refractivity contribution < 1.29 is 9.53 Å². The van der Waals surface area contributed by atoms with Gasteiger partial charge < -0.3 is 19.5 Å². The zero-order valence-corrected chi connectivity index (χ0v) is 20.7. The number of H-pyrrole nitrogens is 1. The van der Waals surface area contributed by atoms with Crippen LogP contribution in [0.1, 0.15) is 56.0 Å². The Bertz CT molecular complexity index is 1180. The van der Waals surface area contributed by atoms with E-state index in [9.17, 15) is 4.79 Å². The summed E-state index contributed by atoms with van der Waals surface area (Å²) in [5.41, 5.74) is 6.49. The maximum Gasteiger partial charge on any atom is 0.320 e. The minimum absolute atomic E-state index is 0.162. The van der Waals surface area contributed by atoms with E-state index < -0.39 is 0 Å². The molecule has 3 heterocycles. The number of fused-ring (bicyclic) bond motifs is 2. The number of ether oxygens (including phenoxy) is 1. The van der Waals surface area contributed by atoms with Crippen LogP contribution in [-0.2, 0) is 6.54 Å². The number of benzene rings is 2. The first-order valence-corrected chi connectivity index (χ1v) is 12.8. The van der Waals surface area contributed by atoms with Gasteiger partial charge >= 0.3 is 6.03 Å². The maximum absolute atomic E-state index is 13.5. The van der Waals surface area contributed by atoms with Crippen LogP contribution >= 0.6 is 0 Å². The molecule has 34 heavy (non-hydrogen) atoms. The molecule has 6 heteroatoms. The summed E-state index contributed by atoms with van der Waals surface area (Å²) in [5.74, 6) is 2.49. The number of imidazole rings is 1. The van der Waals surface area contributed by atoms with Crippen LogP contribution in [0.4, 0.5) is 4.79 Å². The van der Waals surface area contributed by atoms with Crippen molar-refractivity contribution in [3.8, 4) is 16.9 Å². The maximum atomic E-state index is 13.5. The van der Waals surface area contributed by atoms with E-state index in [1.165, 1.54) is 25.7 Å². The summed E-state index contributed by atoms with van der Waals surface area (Å²) in [4.78, 5) is 25.4. The fourth-order valence-corrected chi connectivity index (χ4v) is 5.53. The molecule has 1 N–H and O–H groups in total. The predicted octanol–water partition coefficient (Wildman–Crippen LogP) is 6.06. The number of urea groups is 1. The number of nitrogens with zero attached hydrogens (tertiary/aromatic N) is 3. The lowest BCUT2D eigenvalue weighted by Gasteiger charge is -2.36. The monoisotopic (exact) mass is 460 g/mol. The first kappa shape index (κ1) is 22.8. The van der Waals surface area contributed by atoms with Gasteiger partial charge in [0.15, 0.2) is 0 Å². The molecule has 2 aliphatic heterocycles. The second-order valence-corrected chi connectivity index (χ2v) is 9.98. The highest BCUT2D eigenvalue weighted by Gasteiger charge is 2.29. The minimum Gasteiger partial charge on any atom is -0.491 e. The molecule has 2 aliphatic rings. The number of nitrogens with one attached hydrogen (secondary N) is 1. The molecule has 2 aromatic carbocycles. The number of aromatic amines is 1. The Kier molecular flexibility index (Phi) is 6.48. The van der Waals surface area contributed by atoms with Crippen LogP contribution in [0.15, 0.2) is 30.3 Å². The van der Waals surface area contributed by atoms with Gasteiger partial charge in [-0.3, -0.25) is 0 Å². The van der Waals surface area contributed by atoms with E-state index in [0.717, 1.165) is 64.4 Å². The molecule has 1 fully saturated rings. The Labute approximate surface area is 202 Å². The van der Waals surface area contributed by atoms with Gasteiger partial charge in [-0.25, -0.2) is 9.78 Å². The summed E-state index contributed by atoms with van der Waals surface area (Å²) in [6.07, 6.45) is 6.07. The van der Waals surface area contributed by atoms with E-state index in [1.54, 1.807) is 0 Å². The normalized spacial score (nSPS) is 18.5. The number of aromatic nitrogens is 2. The Morgan fingerprint density at radius 1 is 1.15 bits per heavy atom. The van der Waals surface area contributed by atoms with Gasteiger partial charge in [0, 0.05) is 18.7 Å². The van der Waals surface area contributed by atoms with Crippen molar-refractivity contribution in [2.75, 3.05) is 26.2 Å². The molecule has 0 saturated carbocycles. The van der Waals surface area contributed by atoms with Crippen LogP contribution in [0.3, 0.4) is 0 Å². The minimum atomic E-state index is 0.162. The molecule has 1 atom stereocenters. The van der Waals surface area contributed by atoms with Gasteiger partial charge in [-0.2, -0.15) is 0 Å². The Morgan fingerprint density at radius 3 is 2.88 bits per heavy atom. The molecule has 0 spiro atoms. The van der Waals surface area contributed by atoms with Crippen molar-refractivity contribution >= 4 is 17.1 Å². The smallest absolute Gasteiger partial charge is 0.320 e. The summed E-state index contributed by atoms with van der Waals surface area (Å²) >= 11 is 0. The topological polar surface area (TPSA) is 61.5 Å². The number of rotatable bonds is 4. The Balaban J connectivity index is 1.38. The number of aryl methyl sites for hydroxylation is 2. The highest BCUT2D eigenvalue weighted by atomic mass is 16.5. The Hall–Kier alpha value is -3.02. The van der Waals surface area contributed by atoms with E-state index in [2.05, 4.69) is 59.0 Å². The molecular formula is C28H36N4O2. The van der Waals surface area contributed by atoms with E-state index in [0.29, 0.717) is 25.6 Å². The van der Waals surface area contributed by atoms with Crippen molar-refractivity contribution in [1.29, 1.82) is 0 Å². The van der Waals surface area contributed by atoms with E-state index in [-0.39, 0.29) is 6.03 Å². The third-order valence-electron chi connectivity index (χ3n) is 7.28. The van der Waals surface area contributed by atoms with Crippen LogP contribution in [0.5, 0.6) is 5.75 Å². The van der Waals surface area contributed by atoms with Gasteiger partial charge in [0.05, 0.1) is 24.1 Å². The molecule has 1 unspecified atom stereocenters. The van der Waals surface area contributed by atoms with Gasteiger partial charge in [-0.05, 0) is 80.0 Å². The van der Waals surface area contributed by atoms with Gasteiger partial charge in [0.25, 0.3) is 0 Å². The lowest BCUT2D eigenvalue weighted by molar-refractivity contribution is 0.120. The van der Waals surface area contributed by atoms with Crippen molar-refractivity contribution in [3.63, 3.8) is 0 Å². The third kappa shape index (κ3) is 4.63. The summed E-state index contributed by atoms with van der Waals surface area (Å²) in [7, 11) is 0. The van der Waals surface area contributed by atoms with Crippen LogP contribution in [0.2, 0.25) is 0 Å². The zero-order chi connectivity index (χ0) is 23.7. The SMILES string of the molecule is CCCCC1CCCN(C(=O)N2CCOc3c(C)cc(-c4ccc5nc(C)[nH]c5c4)cc3C2)C1. The summed E-state index contributed by atoms with van der Waals surface area (Å²) < 4.78 is 6.16. The number of hydrogen-bond acceptors (Lipinski definition) is 3. The zero-order valence-electron chi connectivity index (χ0n) is 20.7. The van der Waals surface area contributed by atoms with E-state index in [4.69, 9.17) is 4.74 Å². The first-order chi connectivity index (χ1) is 16.5. The molecule has 6 nitrogen and oxygen atoms in total. The van der Waals surface area contributed by atoms with Crippen molar-refractivity contribution in [2.24, 2.45) is 5.92 Å².